The van der Waals surface area contributed by atoms with Crippen LogP contribution < -0.4 is 0 Å². The topological polar surface area (TPSA) is 20.2 Å². The summed E-state index contributed by atoms with van der Waals surface area (Å²) in [6.45, 7) is 6.81. The van der Waals surface area contributed by atoms with Crippen LogP contribution >= 0.6 is 37.5 Å². The molecule has 0 aromatic heterocycles. The van der Waals surface area contributed by atoms with Crippen molar-refractivity contribution in [2.45, 2.75) is 36.8 Å². The smallest absolute Gasteiger partial charge is 0.0471 e. The highest BCUT2D eigenvalue weighted by Crippen LogP contribution is 2.42. The van der Waals surface area contributed by atoms with E-state index in [-0.39, 0.29) is 11.4 Å². The summed E-state index contributed by atoms with van der Waals surface area (Å²) < 4.78 is 1.31. The minimum atomic E-state index is 0.199. The highest BCUT2D eigenvalue weighted by Gasteiger charge is 2.13. The van der Waals surface area contributed by atoms with Gasteiger partial charge >= 0.3 is 0 Å². The van der Waals surface area contributed by atoms with E-state index < -0.39 is 0 Å². The van der Waals surface area contributed by atoms with Crippen LogP contribution in [0.3, 0.4) is 0 Å². The van der Waals surface area contributed by atoms with Crippen LogP contribution in [0.25, 0.3) is 0 Å². The van der Waals surface area contributed by atoms with Crippen LogP contribution in [0, 0.1) is 0 Å². The van der Waals surface area contributed by atoms with E-state index >= 15 is 0 Å². The van der Waals surface area contributed by atoms with Gasteiger partial charge in [-0.2, -0.15) is 0 Å². The lowest BCUT2D eigenvalue weighted by Gasteiger charge is -2.17. The molecule has 0 aliphatic carbocycles. The van der Waals surface area contributed by atoms with Crippen molar-refractivity contribution < 1.29 is 5.11 Å². The highest BCUT2D eigenvalue weighted by molar-refractivity contribution is 9.10. The number of aliphatic hydroxyl groups is 1. The molecule has 1 aromatic rings. The maximum atomic E-state index is 9.03. The molecule has 1 rings (SSSR count). The minimum Gasteiger partial charge on any atom is -0.396 e. The molecule has 0 aliphatic heterocycles. The zero-order valence-electron chi connectivity index (χ0n) is 9.79. The number of halogens is 1. The summed E-state index contributed by atoms with van der Waals surface area (Å²) in [6.07, 6.45) is 0.715. The Morgan fingerprint density at radius 1 is 1.31 bits per heavy atom. The Morgan fingerprint density at radius 2 is 2.00 bits per heavy atom. The van der Waals surface area contributed by atoms with E-state index in [1.165, 1.54) is 10.5 Å². The summed E-state index contributed by atoms with van der Waals surface area (Å²) in [5.74, 6) is 0. The normalized spacial score (nSPS) is 11.8. The average Bonchev–Trinajstić information content (AvgIpc) is 2.15. The van der Waals surface area contributed by atoms with E-state index in [0.29, 0.717) is 6.42 Å². The van der Waals surface area contributed by atoms with Gasteiger partial charge in [-0.1, -0.05) is 58.3 Å². The van der Waals surface area contributed by atoms with Crippen molar-refractivity contribution in [3.63, 3.8) is 0 Å². The predicted molar refractivity (Wildman–Crippen MR) is 78.1 cm³/mol. The zero-order valence-corrected chi connectivity index (χ0v) is 13.0. The standard InChI is InChI=1S/C12H17BrOS2/c1-12(2,3)16-15-11-5-4-10(13)8-9(11)6-7-14/h4-5,8,14H,6-7H2,1-3H3. The van der Waals surface area contributed by atoms with E-state index in [0.717, 1.165) is 4.47 Å². The van der Waals surface area contributed by atoms with E-state index in [9.17, 15) is 0 Å². The third kappa shape index (κ3) is 5.13. The fourth-order valence-electron chi connectivity index (χ4n) is 1.12. The summed E-state index contributed by atoms with van der Waals surface area (Å²) in [4.78, 5) is 1.25. The van der Waals surface area contributed by atoms with Gasteiger partial charge < -0.3 is 5.11 Å². The van der Waals surface area contributed by atoms with Gasteiger partial charge in [-0.05, 0) is 30.2 Å². The first-order valence-corrected chi connectivity index (χ1v) is 8.11. The van der Waals surface area contributed by atoms with Crippen molar-refractivity contribution in [3.05, 3.63) is 28.2 Å². The van der Waals surface area contributed by atoms with Crippen molar-refractivity contribution in [2.24, 2.45) is 0 Å². The molecule has 0 aliphatic rings. The van der Waals surface area contributed by atoms with E-state index in [2.05, 4.69) is 48.8 Å². The SMILES string of the molecule is CC(C)(C)SSc1ccc(Br)cc1CCO. The fraction of sp³-hybridized carbons (Fsp3) is 0.500. The van der Waals surface area contributed by atoms with E-state index in [1.807, 2.05) is 16.9 Å². The van der Waals surface area contributed by atoms with Crippen molar-refractivity contribution in [1.29, 1.82) is 0 Å². The maximum Gasteiger partial charge on any atom is 0.0471 e. The molecule has 0 fully saturated rings. The Bertz CT molecular complexity index is 347. The van der Waals surface area contributed by atoms with Crippen molar-refractivity contribution >= 4 is 37.5 Å². The van der Waals surface area contributed by atoms with Crippen LogP contribution in [0.5, 0.6) is 0 Å². The molecule has 4 heteroatoms. The molecular weight excluding hydrogens is 304 g/mol. The van der Waals surface area contributed by atoms with Gasteiger partial charge in [-0.15, -0.1) is 0 Å². The van der Waals surface area contributed by atoms with Crippen molar-refractivity contribution in [1.82, 2.24) is 0 Å². The Balaban J connectivity index is 2.78. The largest absolute Gasteiger partial charge is 0.396 e. The van der Waals surface area contributed by atoms with Gasteiger partial charge in [0.15, 0.2) is 0 Å². The molecule has 0 bridgehead atoms. The van der Waals surface area contributed by atoms with Gasteiger partial charge in [-0.25, -0.2) is 0 Å². The second-order valence-electron chi connectivity index (χ2n) is 4.50. The second kappa shape index (κ2) is 6.34. The van der Waals surface area contributed by atoms with Crippen LogP contribution in [0.4, 0.5) is 0 Å². The summed E-state index contributed by atoms with van der Waals surface area (Å²) in [6, 6.07) is 6.24. The third-order valence-corrected chi connectivity index (χ3v) is 5.73. The molecule has 16 heavy (non-hydrogen) atoms. The maximum absolute atomic E-state index is 9.03. The van der Waals surface area contributed by atoms with E-state index in [4.69, 9.17) is 5.11 Å². The summed E-state index contributed by atoms with van der Waals surface area (Å²) in [5, 5.41) is 9.03. The molecule has 0 unspecified atom stereocenters. The van der Waals surface area contributed by atoms with Gasteiger partial charge in [-0.3, -0.25) is 0 Å². The van der Waals surface area contributed by atoms with Crippen LogP contribution in [0.1, 0.15) is 26.3 Å². The summed E-state index contributed by atoms with van der Waals surface area (Å²) >= 11 is 3.46. The predicted octanol–water partition coefficient (Wildman–Crippen LogP) is 4.52. The second-order valence-corrected chi connectivity index (χ2v) is 8.42. The molecule has 1 aromatic carbocycles. The Morgan fingerprint density at radius 3 is 2.56 bits per heavy atom. The van der Waals surface area contributed by atoms with Crippen LogP contribution in [-0.4, -0.2) is 16.5 Å². The van der Waals surface area contributed by atoms with Crippen LogP contribution in [0.2, 0.25) is 0 Å². The molecule has 0 radical (unpaired) electrons. The lowest BCUT2D eigenvalue weighted by molar-refractivity contribution is 0.299. The van der Waals surface area contributed by atoms with Crippen molar-refractivity contribution in [3.8, 4) is 0 Å². The monoisotopic (exact) mass is 320 g/mol. The number of aliphatic hydroxyl groups excluding tert-OH is 1. The van der Waals surface area contributed by atoms with Gasteiger partial charge in [0.05, 0.1) is 0 Å². The Kier molecular flexibility index (Phi) is 5.71. The Hall–Kier alpha value is 0.360. The number of hydrogen-bond acceptors (Lipinski definition) is 3. The number of rotatable bonds is 4. The van der Waals surface area contributed by atoms with Crippen molar-refractivity contribution in [2.75, 3.05) is 6.61 Å². The molecule has 0 saturated heterocycles. The lowest BCUT2D eigenvalue weighted by atomic mass is 10.2. The molecule has 0 saturated carbocycles. The van der Waals surface area contributed by atoms with Gasteiger partial charge in [0.1, 0.15) is 0 Å². The molecule has 0 atom stereocenters. The van der Waals surface area contributed by atoms with Gasteiger partial charge in [0.25, 0.3) is 0 Å². The molecular formula is C12H17BrOS2. The van der Waals surface area contributed by atoms with Crippen LogP contribution in [0.15, 0.2) is 27.6 Å². The molecule has 90 valence electrons. The molecule has 1 nitrogen and oxygen atoms in total. The summed E-state index contributed by atoms with van der Waals surface area (Å²) in [5.41, 5.74) is 1.21. The third-order valence-electron chi connectivity index (χ3n) is 1.79. The Labute approximate surface area is 114 Å². The first-order chi connectivity index (χ1) is 7.42. The molecule has 0 spiro atoms. The van der Waals surface area contributed by atoms with Gasteiger partial charge in [0.2, 0.25) is 0 Å². The highest BCUT2D eigenvalue weighted by atomic mass is 79.9. The summed E-state index contributed by atoms with van der Waals surface area (Å²) in [7, 11) is 3.64. The lowest BCUT2D eigenvalue weighted by Crippen LogP contribution is -2.04. The zero-order chi connectivity index (χ0) is 12.2. The number of benzene rings is 1. The fourth-order valence-corrected chi connectivity index (χ4v) is 3.76. The molecule has 0 amide bonds. The quantitative estimate of drug-likeness (QED) is 0.823. The van der Waals surface area contributed by atoms with Crippen LogP contribution in [-0.2, 0) is 6.42 Å². The molecule has 0 heterocycles. The van der Waals surface area contributed by atoms with E-state index in [1.54, 1.807) is 10.8 Å². The van der Waals surface area contributed by atoms with Gasteiger partial charge in [0, 0.05) is 20.7 Å². The number of hydrogen-bond donors (Lipinski definition) is 1. The average molecular weight is 321 g/mol. The minimum absolute atomic E-state index is 0.199. The first kappa shape index (κ1) is 14.4. The first-order valence-electron chi connectivity index (χ1n) is 5.17. The molecule has 1 N–H and O–H groups in total.